The molecule has 2 amide bonds. The predicted molar refractivity (Wildman–Crippen MR) is 182 cm³/mol. The van der Waals surface area contributed by atoms with Crippen molar-refractivity contribution in [2.24, 2.45) is 5.92 Å². The number of phenols is 1. The molecule has 0 spiro atoms. The minimum absolute atomic E-state index is 0.166. The number of para-hydroxylation sites is 1. The van der Waals surface area contributed by atoms with Gasteiger partial charge in [0.15, 0.2) is 0 Å². The molecule has 1 saturated heterocycles. The van der Waals surface area contributed by atoms with Gasteiger partial charge in [-0.3, -0.25) is 15.0 Å². The Balaban J connectivity index is 1.40. The number of benzene rings is 4. The summed E-state index contributed by atoms with van der Waals surface area (Å²) in [5.74, 6) is -6.22. The molecule has 2 aliphatic heterocycles. The van der Waals surface area contributed by atoms with Crippen molar-refractivity contribution < 1.29 is 37.0 Å². The molecule has 4 aromatic carbocycles. The highest BCUT2D eigenvalue weighted by Crippen LogP contribution is 2.63. The molecule has 4 atom stereocenters. The molecule has 1 aliphatic carbocycles. The minimum atomic E-state index is -5.12. The number of nitrogens with zero attached hydrogens (tertiary/aromatic N) is 4. The summed E-state index contributed by atoms with van der Waals surface area (Å²) >= 11 is 6.27. The number of alkyl halides is 3. The van der Waals surface area contributed by atoms with Crippen molar-refractivity contribution in [3.8, 4) is 17.2 Å². The van der Waals surface area contributed by atoms with E-state index in [1.54, 1.807) is 36.4 Å². The lowest BCUT2D eigenvalue weighted by Crippen LogP contribution is -2.53. The predicted octanol–water partition coefficient (Wildman–Crippen LogP) is 5.82. The van der Waals surface area contributed by atoms with Crippen molar-refractivity contribution in [3.05, 3.63) is 152 Å². The van der Waals surface area contributed by atoms with E-state index in [1.807, 2.05) is 0 Å². The van der Waals surface area contributed by atoms with Gasteiger partial charge in [0.25, 0.3) is 11.8 Å². The zero-order chi connectivity index (χ0) is 37.4. The van der Waals surface area contributed by atoms with Crippen LogP contribution in [0.1, 0.15) is 29.5 Å². The largest absolute Gasteiger partial charge is 0.573 e. The molecule has 1 aromatic heterocycles. The van der Waals surface area contributed by atoms with Crippen LogP contribution in [0, 0.1) is 11.7 Å². The fraction of sp³-hybridized carbons (Fsp3) is 0.189. The van der Waals surface area contributed by atoms with E-state index >= 15 is 4.79 Å². The number of hydrazine groups is 1. The van der Waals surface area contributed by atoms with Crippen molar-refractivity contribution in [1.82, 2.24) is 18.9 Å². The molecule has 1 saturated carbocycles. The molecule has 53 heavy (non-hydrogen) atoms. The van der Waals surface area contributed by atoms with Crippen LogP contribution in [0.25, 0.3) is 5.69 Å². The summed E-state index contributed by atoms with van der Waals surface area (Å²) in [7, 11) is 0. The highest BCUT2D eigenvalue weighted by molar-refractivity contribution is 6.30. The van der Waals surface area contributed by atoms with Gasteiger partial charge in [0.1, 0.15) is 17.3 Å². The molecule has 2 N–H and O–H groups in total. The average molecular weight is 748 g/mol. The molecule has 5 aromatic rings. The number of carbonyl (C=O) groups excluding carboxylic acids is 2. The first-order chi connectivity index (χ1) is 25.3. The van der Waals surface area contributed by atoms with Crippen LogP contribution in [-0.2, 0) is 21.5 Å². The van der Waals surface area contributed by atoms with Gasteiger partial charge in [-0.25, -0.2) is 27.9 Å². The van der Waals surface area contributed by atoms with E-state index in [0.29, 0.717) is 0 Å². The Kier molecular flexibility index (Phi) is 7.87. The van der Waals surface area contributed by atoms with Crippen LogP contribution in [0.15, 0.2) is 118 Å². The van der Waals surface area contributed by atoms with Gasteiger partial charge in [-0.05, 0) is 84.3 Å². The Morgan fingerprint density at radius 2 is 1.58 bits per heavy atom. The number of fused-ring (bicyclic) bond motifs is 4. The number of anilines is 1. The number of imide groups is 1. The Bertz CT molecular complexity index is 2440. The standard InChI is InChI=1S/C37H26ClF4N5O6/c38-21-8-6-20(7-9-21)36-28(32(49)46(33(36)50)43-23-12-10-22(39)11-13-23)19-29-26(31(36)27-18-25(14-15-30(27)48)53-37(40,41)42)16-17-44-34(51)45(35(52)47(29)44)24-4-2-1-3-5-24/h1-16,18,28-29,31,43,48H,17,19H2/t28-,29+,31+,36+/m0/s1. The van der Waals surface area contributed by atoms with Gasteiger partial charge < -0.3 is 9.84 Å². The van der Waals surface area contributed by atoms with Crippen LogP contribution in [0.4, 0.5) is 23.2 Å². The Labute approximate surface area is 301 Å². The first kappa shape index (κ1) is 34.0. The second-order valence-electron chi connectivity index (χ2n) is 12.8. The molecule has 3 heterocycles. The summed E-state index contributed by atoms with van der Waals surface area (Å²) in [6, 6.07) is 20.7. The molecule has 3 aliphatic rings. The van der Waals surface area contributed by atoms with Gasteiger partial charge in [0, 0.05) is 16.5 Å². The van der Waals surface area contributed by atoms with E-state index in [0.717, 1.165) is 39.9 Å². The van der Waals surface area contributed by atoms with Gasteiger partial charge in [0.2, 0.25) is 0 Å². The number of hydrogen-bond donors (Lipinski definition) is 2. The monoisotopic (exact) mass is 747 g/mol. The molecule has 8 rings (SSSR count). The summed E-state index contributed by atoms with van der Waals surface area (Å²) in [6.07, 6.45) is -3.76. The number of phenolic OH excluding ortho intramolecular Hbond substituents is 1. The van der Waals surface area contributed by atoms with Crippen LogP contribution < -0.4 is 21.5 Å². The average Bonchev–Trinajstić information content (AvgIpc) is 3.51. The lowest BCUT2D eigenvalue weighted by Gasteiger charge is -2.49. The fourth-order valence-electron chi connectivity index (χ4n) is 8.02. The van der Waals surface area contributed by atoms with Gasteiger partial charge in [0.05, 0.1) is 35.3 Å². The highest BCUT2D eigenvalue weighted by atomic mass is 35.5. The lowest BCUT2D eigenvalue weighted by atomic mass is 9.53. The first-order valence-electron chi connectivity index (χ1n) is 16.2. The summed E-state index contributed by atoms with van der Waals surface area (Å²) in [5.41, 5.74) is 0.102. The number of ether oxygens (including phenoxy) is 1. The van der Waals surface area contributed by atoms with Crippen molar-refractivity contribution in [2.45, 2.75) is 36.7 Å². The molecule has 0 radical (unpaired) electrons. The molecular formula is C37H26ClF4N5O6. The van der Waals surface area contributed by atoms with Crippen molar-refractivity contribution in [1.29, 1.82) is 0 Å². The van der Waals surface area contributed by atoms with Crippen molar-refractivity contribution >= 4 is 29.1 Å². The number of aromatic hydroxyl groups is 1. The number of nitrogens with one attached hydrogen (secondary N) is 1. The summed E-state index contributed by atoms with van der Waals surface area (Å²) in [5, 5.41) is 12.5. The van der Waals surface area contributed by atoms with E-state index in [2.05, 4.69) is 10.2 Å². The molecule has 0 unspecified atom stereocenters. The van der Waals surface area contributed by atoms with Gasteiger partial charge in [-0.2, -0.15) is 5.01 Å². The van der Waals surface area contributed by atoms with E-state index in [4.69, 9.17) is 11.6 Å². The van der Waals surface area contributed by atoms with Gasteiger partial charge >= 0.3 is 17.7 Å². The fourth-order valence-corrected chi connectivity index (χ4v) is 8.15. The van der Waals surface area contributed by atoms with Crippen LogP contribution in [0.5, 0.6) is 11.5 Å². The second kappa shape index (κ2) is 12.3. The summed E-state index contributed by atoms with van der Waals surface area (Å²) < 4.78 is 62.0. The third-order valence-corrected chi connectivity index (χ3v) is 10.3. The third kappa shape index (κ3) is 5.33. The molecular weight excluding hydrogens is 722 g/mol. The van der Waals surface area contributed by atoms with Crippen LogP contribution in [-0.4, -0.2) is 42.2 Å². The highest BCUT2D eigenvalue weighted by Gasteiger charge is 2.69. The van der Waals surface area contributed by atoms with Crippen molar-refractivity contribution in [2.75, 3.05) is 5.43 Å². The van der Waals surface area contributed by atoms with E-state index < -0.39 is 70.2 Å². The molecule has 2 fully saturated rings. The maximum Gasteiger partial charge on any atom is 0.573 e. The molecule has 11 nitrogen and oxygen atoms in total. The number of aromatic nitrogens is 3. The zero-order valence-electron chi connectivity index (χ0n) is 27.1. The lowest BCUT2D eigenvalue weighted by molar-refractivity contribution is -0.274. The number of halogens is 5. The maximum absolute atomic E-state index is 15.2. The normalized spacial score (nSPS) is 22.2. The smallest absolute Gasteiger partial charge is 0.508 e. The zero-order valence-corrected chi connectivity index (χ0v) is 27.9. The SMILES string of the molecule is O=C1[C@@H]2C[C@@H]3C(=CCn4c(=O)n(-c5ccccc5)c(=O)n43)[C@H](c3cc(OC(F)(F)F)ccc3O)[C@]2(c2ccc(Cl)cc2)C(=O)N1Nc1ccc(F)cc1. The molecule has 0 bridgehead atoms. The third-order valence-electron chi connectivity index (χ3n) is 10.1. The topological polar surface area (TPSA) is 128 Å². The summed E-state index contributed by atoms with van der Waals surface area (Å²) in [6.45, 7) is -0.198. The number of rotatable bonds is 6. The van der Waals surface area contributed by atoms with Gasteiger partial charge in [-0.15, -0.1) is 13.2 Å². The number of hydrogen-bond acceptors (Lipinski definition) is 7. The maximum atomic E-state index is 15.2. The quantitative estimate of drug-likeness (QED) is 0.127. The number of carbonyl (C=O) groups is 2. The van der Waals surface area contributed by atoms with Crippen molar-refractivity contribution in [3.63, 3.8) is 0 Å². The van der Waals surface area contributed by atoms with Crippen LogP contribution in [0.2, 0.25) is 5.02 Å². The van der Waals surface area contributed by atoms with Crippen LogP contribution >= 0.6 is 11.6 Å². The summed E-state index contributed by atoms with van der Waals surface area (Å²) in [4.78, 5) is 57.8. The van der Waals surface area contributed by atoms with E-state index in [9.17, 15) is 37.1 Å². The Hall–Kier alpha value is -6.09. The second-order valence-corrected chi connectivity index (χ2v) is 13.3. The van der Waals surface area contributed by atoms with Gasteiger partial charge in [-0.1, -0.05) is 48.0 Å². The Morgan fingerprint density at radius 1 is 0.887 bits per heavy atom. The number of amides is 2. The van der Waals surface area contributed by atoms with Crippen LogP contribution in [0.3, 0.4) is 0 Å². The Morgan fingerprint density at radius 3 is 2.26 bits per heavy atom. The minimum Gasteiger partial charge on any atom is -0.508 e. The van der Waals surface area contributed by atoms with E-state index in [1.165, 1.54) is 45.8 Å². The first-order valence-corrected chi connectivity index (χ1v) is 16.6. The molecule has 16 heteroatoms. The number of allylic oxidation sites excluding steroid dienone is 2. The van der Waals surface area contributed by atoms with E-state index in [-0.39, 0.29) is 46.1 Å². The molecule has 270 valence electrons.